The number of benzene rings is 1. The van der Waals surface area contributed by atoms with E-state index < -0.39 is 0 Å². The zero-order chi connectivity index (χ0) is 23.9. The summed E-state index contributed by atoms with van der Waals surface area (Å²) in [6, 6.07) is 6.31. The van der Waals surface area contributed by atoms with Gasteiger partial charge in [-0.2, -0.15) is 4.98 Å². The minimum Gasteiger partial charge on any atom is -0.367 e. The molecule has 0 spiro atoms. The number of amides is 2. The van der Waals surface area contributed by atoms with Gasteiger partial charge in [0, 0.05) is 53.8 Å². The predicted octanol–water partition coefficient (Wildman–Crippen LogP) is 4.71. The van der Waals surface area contributed by atoms with Crippen LogP contribution in [-0.4, -0.2) is 52.4 Å². The van der Waals surface area contributed by atoms with E-state index >= 15 is 0 Å². The van der Waals surface area contributed by atoms with E-state index in [1.807, 2.05) is 23.1 Å². The first kappa shape index (κ1) is 24.9. The van der Waals surface area contributed by atoms with Crippen LogP contribution >= 0.6 is 31.9 Å². The highest BCUT2D eigenvalue weighted by Crippen LogP contribution is 2.25. The zero-order valence-electron chi connectivity index (χ0n) is 19.1. The number of anilines is 2. The number of carbonyl (C=O) groups is 2. The maximum absolute atomic E-state index is 12.9. The molecule has 2 heterocycles. The van der Waals surface area contributed by atoms with E-state index in [9.17, 15) is 9.59 Å². The number of hydrogen-bond donors (Lipinski definition) is 3. The molecule has 1 aromatic carbocycles. The highest BCUT2D eigenvalue weighted by atomic mass is 79.9. The van der Waals surface area contributed by atoms with Crippen LogP contribution < -0.4 is 16.0 Å². The van der Waals surface area contributed by atoms with Crippen molar-refractivity contribution in [1.29, 1.82) is 0 Å². The van der Waals surface area contributed by atoms with Crippen LogP contribution in [0.4, 0.5) is 11.8 Å². The smallest absolute Gasteiger partial charge is 0.256 e. The summed E-state index contributed by atoms with van der Waals surface area (Å²) in [5.74, 6) is 1.04. The lowest BCUT2D eigenvalue weighted by Crippen LogP contribution is -2.31. The molecule has 1 aromatic heterocycles. The third kappa shape index (κ3) is 6.69. The molecule has 1 aliphatic heterocycles. The Bertz CT molecular complexity index is 1030. The van der Waals surface area contributed by atoms with Crippen molar-refractivity contribution in [2.24, 2.45) is 0 Å². The average Bonchev–Trinajstić information content (AvgIpc) is 3.49. The first-order chi connectivity index (χ1) is 16.5. The highest BCUT2D eigenvalue weighted by Gasteiger charge is 2.22. The van der Waals surface area contributed by atoms with Gasteiger partial charge in [0.1, 0.15) is 11.4 Å². The van der Waals surface area contributed by atoms with Gasteiger partial charge >= 0.3 is 0 Å². The van der Waals surface area contributed by atoms with Crippen molar-refractivity contribution in [3.05, 3.63) is 44.5 Å². The second-order valence-corrected chi connectivity index (χ2v) is 10.5. The normalized spacial score (nSPS) is 16.2. The Kier molecular flexibility index (Phi) is 8.77. The van der Waals surface area contributed by atoms with Crippen molar-refractivity contribution in [1.82, 2.24) is 20.2 Å². The largest absolute Gasteiger partial charge is 0.367 e. The Hall–Kier alpha value is -2.20. The van der Waals surface area contributed by atoms with E-state index in [4.69, 9.17) is 0 Å². The molecule has 182 valence electrons. The lowest BCUT2D eigenvalue weighted by Gasteiger charge is -2.18. The maximum atomic E-state index is 12.9. The van der Waals surface area contributed by atoms with E-state index in [1.54, 1.807) is 6.20 Å². The predicted molar refractivity (Wildman–Crippen MR) is 140 cm³/mol. The van der Waals surface area contributed by atoms with Crippen LogP contribution in [0.15, 0.2) is 33.3 Å². The van der Waals surface area contributed by atoms with Crippen LogP contribution in [-0.2, 0) is 11.3 Å². The van der Waals surface area contributed by atoms with E-state index in [2.05, 4.69) is 57.8 Å². The number of nitrogens with one attached hydrogen (secondary N) is 3. The van der Waals surface area contributed by atoms with Crippen molar-refractivity contribution in [3.63, 3.8) is 0 Å². The third-order valence-corrected chi connectivity index (χ3v) is 7.50. The Balaban J connectivity index is 1.39. The van der Waals surface area contributed by atoms with Gasteiger partial charge in [0.2, 0.25) is 11.9 Å². The molecule has 2 fully saturated rings. The Morgan fingerprint density at radius 2 is 2.00 bits per heavy atom. The molecule has 34 heavy (non-hydrogen) atoms. The topological polar surface area (TPSA) is 99.2 Å². The molecule has 3 N–H and O–H groups in total. The van der Waals surface area contributed by atoms with Gasteiger partial charge in [-0.1, -0.05) is 44.7 Å². The number of rotatable bonds is 10. The van der Waals surface area contributed by atoms with Crippen LogP contribution in [0.1, 0.15) is 60.9 Å². The summed E-state index contributed by atoms with van der Waals surface area (Å²) < 4.78 is 2.00. The molecular formula is C24H30Br2N6O2. The molecular weight excluding hydrogens is 564 g/mol. The Morgan fingerprint density at radius 1 is 1.18 bits per heavy atom. The Morgan fingerprint density at radius 3 is 2.76 bits per heavy atom. The molecule has 4 rings (SSSR count). The van der Waals surface area contributed by atoms with Gasteiger partial charge in [-0.15, -0.1) is 0 Å². The first-order valence-electron chi connectivity index (χ1n) is 11.9. The molecule has 0 bridgehead atoms. The van der Waals surface area contributed by atoms with Crippen LogP contribution in [0.3, 0.4) is 0 Å². The lowest BCUT2D eigenvalue weighted by molar-refractivity contribution is -0.127. The third-order valence-electron chi connectivity index (χ3n) is 6.24. The molecule has 2 amide bonds. The summed E-state index contributed by atoms with van der Waals surface area (Å²) >= 11 is 7.08. The fraction of sp³-hybridized carbons (Fsp3) is 0.500. The number of likely N-dealkylation sites (tertiary alicyclic amines) is 1. The summed E-state index contributed by atoms with van der Waals surface area (Å²) in [5, 5.41) is 9.70. The summed E-state index contributed by atoms with van der Waals surface area (Å²) in [6.07, 6.45) is 8.39. The van der Waals surface area contributed by atoms with E-state index in [0.29, 0.717) is 49.4 Å². The molecule has 2 aromatic rings. The van der Waals surface area contributed by atoms with Gasteiger partial charge < -0.3 is 20.9 Å². The van der Waals surface area contributed by atoms with Gasteiger partial charge in [-0.05, 0) is 49.4 Å². The lowest BCUT2D eigenvalue weighted by atomic mass is 10.2. The monoisotopic (exact) mass is 592 g/mol. The summed E-state index contributed by atoms with van der Waals surface area (Å²) in [7, 11) is 0. The Labute approximate surface area is 216 Å². The minimum atomic E-state index is -0.200. The second-order valence-electron chi connectivity index (χ2n) is 8.76. The minimum absolute atomic E-state index is 0.200. The molecule has 8 nitrogen and oxygen atoms in total. The highest BCUT2D eigenvalue weighted by molar-refractivity contribution is 9.11. The zero-order valence-corrected chi connectivity index (χ0v) is 22.3. The summed E-state index contributed by atoms with van der Waals surface area (Å²) in [4.78, 5) is 35.6. The van der Waals surface area contributed by atoms with Gasteiger partial charge in [0.05, 0.1) is 0 Å². The number of carbonyl (C=O) groups excluding carboxylic acids is 2. The van der Waals surface area contributed by atoms with Crippen LogP contribution in [0.2, 0.25) is 0 Å². The van der Waals surface area contributed by atoms with Gasteiger partial charge in [0.15, 0.2) is 0 Å². The summed E-state index contributed by atoms with van der Waals surface area (Å²) in [6.45, 7) is 2.55. The molecule has 10 heteroatoms. The second kappa shape index (κ2) is 12.0. The molecule has 0 atom stereocenters. The van der Waals surface area contributed by atoms with Crippen molar-refractivity contribution >= 4 is 55.4 Å². The molecule has 1 saturated heterocycles. The van der Waals surface area contributed by atoms with E-state index in [-0.39, 0.29) is 11.8 Å². The molecule has 0 radical (unpaired) electrons. The standard InChI is InChI=1S/C24H30Br2N6O2/c25-17-8-9-20(26)16(13-17)14-28-24-29-15-19(22(31-24)30-18-5-1-2-6-18)23(34)27-10-4-12-32-11-3-7-21(32)33/h8-9,13,15,18H,1-7,10-12,14H2,(H,27,34)(H2,28,29,30,31). The first-order valence-corrected chi connectivity index (χ1v) is 13.5. The van der Waals surface area contributed by atoms with Crippen LogP contribution in [0.25, 0.3) is 0 Å². The van der Waals surface area contributed by atoms with Crippen molar-refractivity contribution in [2.45, 2.75) is 57.5 Å². The quantitative estimate of drug-likeness (QED) is 0.345. The molecule has 1 aliphatic carbocycles. The van der Waals surface area contributed by atoms with Gasteiger partial charge in [0.25, 0.3) is 5.91 Å². The fourth-order valence-corrected chi connectivity index (χ4v) is 5.16. The molecule has 0 unspecified atom stereocenters. The van der Waals surface area contributed by atoms with Crippen molar-refractivity contribution < 1.29 is 9.59 Å². The number of aromatic nitrogens is 2. The summed E-state index contributed by atoms with van der Waals surface area (Å²) in [5.41, 5.74) is 1.51. The fourth-order valence-electron chi connectivity index (χ4n) is 4.37. The van der Waals surface area contributed by atoms with Gasteiger partial charge in [-0.25, -0.2) is 4.98 Å². The molecule has 1 saturated carbocycles. The maximum Gasteiger partial charge on any atom is 0.256 e. The average molecular weight is 594 g/mol. The van der Waals surface area contributed by atoms with Crippen LogP contribution in [0.5, 0.6) is 0 Å². The van der Waals surface area contributed by atoms with E-state index in [1.165, 1.54) is 12.8 Å². The molecule has 2 aliphatic rings. The van der Waals surface area contributed by atoms with Crippen molar-refractivity contribution in [3.8, 4) is 0 Å². The van der Waals surface area contributed by atoms with Crippen LogP contribution in [0, 0.1) is 0 Å². The van der Waals surface area contributed by atoms with Gasteiger partial charge in [-0.3, -0.25) is 9.59 Å². The number of halogens is 2. The SMILES string of the molecule is O=C(NCCCN1CCCC1=O)c1cnc(NCc2cc(Br)ccc2Br)nc1NC1CCCC1. The number of nitrogens with zero attached hydrogens (tertiary/aromatic N) is 3. The van der Waals surface area contributed by atoms with Crippen molar-refractivity contribution in [2.75, 3.05) is 30.3 Å². The van der Waals surface area contributed by atoms with E-state index in [0.717, 1.165) is 46.7 Å². The number of hydrogen-bond acceptors (Lipinski definition) is 6.